The quantitative estimate of drug-likeness (QED) is 0.776. The first-order chi connectivity index (χ1) is 9.60. The third kappa shape index (κ3) is 3.34. The highest BCUT2D eigenvalue weighted by Gasteiger charge is 2.27. The summed E-state index contributed by atoms with van der Waals surface area (Å²) in [6, 6.07) is 6.97. The van der Waals surface area contributed by atoms with Gasteiger partial charge in [0, 0.05) is 13.5 Å². The number of carbonyl (C=O) groups excluding carboxylic acids is 3. The third-order valence-electron chi connectivity index (χ3n) is 3.17. The molecule has 1 fully saturated rings. The molecular formula is C14H16N2O4. The van der Waals surface area contributed by atoms with Gasteiger partial charge in [-0.25, -0.2) is 0 Å². The normalized spacial score (nSPS) is 18.4. The number of amides is 3. The summed E-state index contributed by atoms with van der Waals surface area (Å²) in [7, 11) is 1.54. The molecule has 1 unspecified atom stereocenters. The summed E-state index contributed by atoms with van der Waals surface area (Å²) < 4.78 is 5.28. The van der Waals surface area contributed by atoms with Gasteiger partial charge in [0.25, 0.3) is 5.91 Å². The standard InChI is InChI=1S/C14H16N2O4/c1-15-13(18)8-20-10-4-2-9(3-5-10)11-6-7-12(17)16-14(11)19/h2-5,11H,6-8H2,1H3,(H,15,18)(H,16,17,19). The largest absolute Gasteiger partial charge is 0.484 e. The number of benzene rings is 1. The predicted molar refractivity (Wildman–Crippen MR) is 71.1 cm³/mol. The van der Waals surface area contributed by atoms with Crippen LogP contribution in [-0.4, -0.2) is 31.4 Å². The number of ether oxygens (including phenoxy) is 1. The minimum absolute atomic E-state index is 0.0474. The van der Waals surface area contributed by atoms with E-state index >= 15 is 0 Å². The van der Waals surface area contributed by atoms with Crippen LogP contribution in [0.1, 0.15) is 24.3 Å². The van der Waals surface area contributed by atoms with Gasteiger partial charge in [0.2, 0.25) is 11.8 Å². The highest BCUT2D eigenvalue weighted by atomic mass is 16.5. The summed E-state index contributed by atoms with van der Waals surface area (Å²) in [5.74, 6) is -0.443. The molecule has 0 aliphatic carbocycles. The Hall–Kier alpha value is -2.37. The van der Waals surface area contributed by atoms with E-state index in [0.717, 1.165) is 5.56 Å². The summed E-state index contributed by atoms with van der Waals surface area (Å²) >= 11 is 0. The van der Waals surface area contributed by atoms with Crippen molar-refractivity contribution in [2.75, 3.05) is 13.7 Å². The van der Waals surface area contributed by atoms with E-state index in [2.05, 4.69) is 10.6 Å². The zero-order chi connectivity index (χ0) is 14.5. The van der Waals surface area contributed by atoms with Crippen molar-refractivity contribution >= 4 is 17.7 Å². The van der Waals surface area contributed by atoms with E-state index in [1.807, 2.05) is 0 Å². The molecule has 1 aliphatic rings. The van der Waals surface area contributed by atoms with Crippen molar-refractivity contribution in [2.45, 2.75) is 18.8 Å². The van der Waals surface area contributed by atoms with Crippen LogP contribution >= 0.6 is 0 Å². The average Bonchev–Trinajstić information content (AvgIpc) is 2.45. The predicted octanol–water partition coefficient (Wildman–Crippen LogP) is 0.332. The number of likely N-dealkylation sites (N-methyl/N-ethyl adjacent to an activating group) is 1. The molecule has 0 aromatic heterocycles. The zero-order valence-electron chi connectivity index (χ0n) is 11.1. The Kier molecular flexibility index (Phi) is 4.34. The van der Waals surface area contributed by atoms with Gasteiger partial charge in [-0.05, 0) is 24.1 Å². The lowest BCUT2D eigenvalue weighted by Crippen LogP contribution is -2.39. The van der Waals surface area contributed by atoms with Crippen molar-refractivity contribution < 1.29 is 19.1 Å². The molecule has 0 bridgehead atoms. The first kappa shape index (κ1) is 14.0. The van der Waals surface area contributed by atoms with Crippen LogP contribution in [0.2, 0.25) is 0 Å². The molecule has 1 saturated heterocycles. The maximum absolute atomic E-state index is 11.7. The molecule has 6 heteroatoms. The molecule has 3 amide bonds. The Labute approximate surface area is 116 Å². The topological polar surface area (TPSA) is 84.5 Å². The molecule has 1 atom stereocenters. The van der Waals surface area contributed by atoms with Gasteiger partial charge in [0.15, 0.2) is 6.61 Å². The fourth-order valence-corrected chi connectivity index (χ4v) is 2.03. The van der Waals surface area contributed by atoms with Gasteiger partial charge in [-0.1, -0.05) is 12.1 Å². The lowest BCUT2D eigenvalue weighted by molar-refractivity contribution is -0.134. The lowest BCUT2D eigenvalue weighted by atomic mass is 9.90. The van der Waals surface area contributed by atoms with Crippen molar-refractivity contribution in [2.24, 2.45) is 0 Å². The second-order valence-corrected chi connectivity index (χ2v) is 4.53. The summed E-state index contributed by atoms with van der Waals surface area (Å²) in [6.07, 6.45) is 0.869. The maximum atomic E-state index is 11.7. The van der Waals surface area contributed by atoms with E-state index in [4.69, 9.17) is 4.74 Å². The van der Waals surface area contributed by atoms with Gasteiger partial charge in [-0.2, -0.15) is 0 Å². The van der Waals surface area contributed by atoms with Crippen molar-refractivity contribution in [3.63, 3.8) is 0 Å². The van der Waals surface area contributed by atoms with E-state index in [1.54, 1.807) is 24.3 Å². The molecule has 1 aromatic rings. The van der Waals surface area contributed by atoms with E-state index < -0.39 is 0 Å². The van der Waals surface area contributed by atoms with E-state index in [1.165, 1.54) is 7.05 Å². The minimum atomic E-state index is -0.305. The van der Waals surface area contributed by atoms with Gasteiger partial charge >= 0.3 is 0 Å². The van der Waals surface area contributed by atoms with Crippen LogP contribution in [0, 0.1) is 0 Å². The Morgan fingerprint density at radius 3 is 2.65 bits per heavy atom. The number of hydrogen-bond donors (Lipinski definition) is 2. The summed E-state index contributed by atoms with van der Waals surface area (Å²) in [5, 5.41) is 4.79. The zero-order valence-corrected chi connectivity index (χ0v) is 11.1. The van der Waals surface area contributed by atoms with E-state index in [-0.39, 0.29) is 30.2 Å². The van der Waals surface area contributed by atoms with Gasteiger partial charge in [-0.15, -0.1) is 0 Å². The number of imide groups is 1. The minimum Gasteiger partial charge on any atom is -0.484 e. The smallest absolute Gasteiger partial charge is 0.257 e. The lowest BCUT2D eigenvalue weighted by Gasteiger charge is -2.21. The molecular weight excluding hydrogens is 260 g/mol. The molecule has 0 radical (unpaired) electrons. The van der Waals surface area contributed by atoms with Crippen molar-refractivity contribution in [3.05, 3.63) is 29.8 Å². The van der Waals surface area contributed by atoms with Crippen LogP contribution in [0.4, 0.5) is 0 Å². The van der Waals surface area contributed by atoms with Gasteiger partial charge in [0.05, 0.1) is 5.92 Å². The molecule has 106 valence electrons. The van der Waals surface area contributed by atoms with Crippen LogP contribution in [0.15, 0.2) is 24.3 Å². The van der Waals surface area contributed by atoms with Crippen LogP contribution in [-0.2, 0) is 14.4 Å². The highest BCUT2D eigenvalue weighted by Crippen LogP contribution is 2.26. The SMILES string of the molecule is CNC(=O)COc1ccc(C2CCC(=O)NC2=O)cc1. The number of piperidine rings is 1. The van der Waals surface area contributed by atoms with E-state index in [0.29, 0.717) is 18.6 Å². The second-order valence-electron chi connectivity index (χ2n) is 4.53. The third-order valence-corrected chi connectivity index (χ3v) is 3.17. The molecule has 0 spiro atoms. The molecule has 6 nitrogen and oxygen atoms in total. The second kappa shape index (κ2) is 6.18. The number of rotatable bonds is 4. The first-order valence-electron chi connectivity index (χ1n) is 6.37. The summed E-state index contributed by atoms with van der Waals surface area (Å²) in [5.41, 5.74) is 0.835. The Morgan fingerprint density at radius 1 is 1.35 bits per heavy atom. The van der Waals surface area contributed by atoms with Crippen molar-refractivity contribution in [3.8, 4) is 5.75 Å². The summed E-state index contributed by atoms with van der Waals surface area (Å²) in [4.78, 5) is 33.9. The maximum Gasteiger partial charge on any atom is 0.257 e. The number of hydrogen-bond acceptors (Lipinski definition) is 4. The number of nitrogens with one attached hydrogen (secondary N) is 2. The Balaban J connectivity index is 1.99. The van der Waals surface area contributed by atoms with Crippen LogP contribution in [0.25, 0.3) is 0 Å². The van der Waals surface area contributed by atoms with E-state index in [9.17, 15) is 14.4 Å². The van der Waals surface area contributed by atoms with Crippen LogP contribution < -0.4 is 15.4 Å². The molecule has 0 saturated carbocycles. The van der Waals surface area contributed by atoms with Crippen LogP contribution in [0.5, 0.6) is 5.75 Å². The Bertz CT molecular complexity index is 524. The van der Waals surface area contributed by atoms with Gasteiger partial charge in [-0.3, -0.25) is 19.7 Å². The number of carbonyl (C=O) groups is 3. The molecule has 1 heterocycles. The Morgan fingerprint density at radius 2 is 2.05 bits per heavy atom. The molecule has 1 aliphatic heterocycles. The van der Waals surface area contributed by atoms with Gasteiger partial charge < -0.3 is 10.1 Å². The fraction of sp³-hybridized carbons (Fsp3) is 0.357. The average molecular weight is 276 g/mol. The molecule has 2 rings (SSSR count). The monoisotopic (exact) mass is 276 g/mol. The summed E-state index contributed by atoms with van der Waals surface area (Å²) in [6.45, 7) is -0.0474. The molecule has 2 N–H and O–H groups in total. The van der Waals surface area contributed by atoms with Crippen molar-refractivity contribution in [1.29, 1.82) is 0 Å². The highest BCUT2D eigenvalue weighted by molar-refractivity contribution is 6.00. The van der Waals surface area contributed by atoms with Gasteiger partial charge in [0.1, 0.15) is 5.75 Å². The first-order valence-corrected chi connectivity index (χ1v) is 6.37. The molecule has 1 aromatic carbocycles. The van der Waals surface area contributed by atoms with Crippen molar-refractivity contribution in [1.82, 2.24) is 10.6 Å². The molecule has 20 heavy (non-hydrogen) atoms. The van der Waals surface area contributed by atoms with Crippen LogP contribution in [0.3, 0.4) is 0 Å². The fourth-order valence-electron chi connectivity index (χ4n) is 2.03.